The first kappa shape index (κ1) is 21.0. The van der Waals surface area contributed by atoms with E-state index in [-0.39, 0.29) is 11.8 Å². The molecule has 2 N–H and O–H groups in total. The number of thioether (sulfide) groups is 1. The van der Waals surface area contributed by atoms with E-state index in [2.05, 4.69) is 35.8 Å². The Kier molecular flexibility index (Phi) is 7.88. The molecule has 2 rings (SSSR count). The van der Waals surface area contributed by atoms with Crippen LogP contribution in [0.2, 0.25) is 0 Å². The molecule has 6 heteroatoms. The van der Waals surface area contributed by atoms with Crippen molar-refractivity contribution in [1.29, 1.82) is 0 Å². The van der Waals surface area contributed by atoms with Gasteiger partial charge in [0.2, 0.25) is 0 Å². The van der Waals surface area contributed by atoms with Crippen LogP contribution in [0.3, 0.4) is 0 Å². The van der Waals surface area contributed by atoms with Crippen molar-refractivity contribution in [1.82, 2.24) is 10.2 Å². The van der Waals surface area contributed by atoms with Crippen molar-refractivity contribution in [3.8, 4) is 0 Å². The minimum atomic E-state index is -0.0929. The topological polar surface area (TPSA) is 53.9 Å². The average Bonchev–Trinajstić information content (AvgIpc) is 2.68. The lowest BCUT2D eigenvalue weighted by Crippen LogP contribution is -3.08. The molecule has 0 bridgehead atoms. The van der Waals surface area contributed by atoms with Gasteiger partial charge in [0, 0.05) is 36.7 Å². The summed E-state index contributed by atoms with van der Waals surface area (Å²) >= 11 is 1.71. The van der Waals surface area contributed by atoms with Gasteiger partial charge in [-0.2, -0.15) is 0 Å². The van der Waals surface area contributed by atoms with E-state index in [4.69, 9.17) is 0 Å². The Morgan fingerprint density at radius 3 is 2.19 bits per heavy atom. The van der Waals surface area contributed by atoms with Crippen molar-refractivity contribution in [2.45, 2.75) is 18.0 Å². The highest BCUT2D eigenvalue weighted by Crippen LogP contribution is 2.15. The predicted octanol–water partition coefficient (Wildman–Crippen LogP) is 1.44. The number of benzene rings is 2. The van der Waals surface area contributed by atoms with Gasteiger partial charge in [0.05, 0.1) is 7.05 Å². The standard InChI is InChI=1S/C21H27N3O2S/c1-22-21(26)18-9-5-16(6-10-18)13-23(2)15-20(25)24(3)14-17-7-11-19(27-4)12-8-17/h5-12H,13-15H2,1-4H3,(H,22,26)/p+1. The van der Waals surface area contributed by atoms with Crippen LogP contribution in [-0.4, -0.2) is 50.7 Å². The summed E-state index contributed by atoms with van der Waals surface area (Å²) in [7, 11) is 5.47. The van der Waals surface area contributed by atoms with Gasteiger partial charge in [0.1, 0.15) is 6.54 Å². The Morgan fingerprint density at radius 1 is 1.04 bits per heavy atom. The Labute approximate surface area is 165 Å². The largest absolute Gasteiger partial charge is 0.355 e. The van der Waals surface area contributed by atoms with Gasteiger partial charge in [-0.25, -0.2) is 0 Å². The quantitative estimate of drug-likeness (QED) is 0.675. The number of hydrogen-bond acceptors (Lipinski definition) is 3. The molecule has 0 aliphatic rings. The zero-order valence-corrected chi connectivity index (χ0v) is 17.2. The molecule has 1 atom stereocenters. The Bertz CT molecular complexity index is 760. The minimum Gasteiger partial charge on any atom is -0.355 e. The molecule has 2 amide bonds. The third-order valence-corrected chi connectivity index (χ3v) is 5.15. The summed E-state index contributed by atoms with van der Waals surface area (Å²) in [5.74, 6) is 0.0213. The second-order valence-corrected chi connectivity index (χ2v) is 7.56. The summed E-state index contributed by atoms with van der Waals surface area (Å²) in [6.07, 6.45) is 2.05. The van der Waals surface area contributed by atoms with Crippen LogP contribution in [0.15, 0.2) is 53.4 Å². The third-order valence-electron chi connectivity index (χ3n) is 4.41. The Morgan fingerprint density at radius 2 is 1.63 bits per heavy atom. The molecule has 2 aromatic carbocycles. The number of carbonyl (C=O) groups excluding carboxylic acids is 2. The number of carbonyl (C=O) groups is 2. The number of hydrogen-bond donors (Lipinski definition) is 2. The van der Waals surface area contributed by atoms with Gasteiger partial charge in [-0.05, 0) is 36.1 Å². The third kappa shape index (κ3) is 6.41. The van der Waals surface area contributed by atoms with E-state index in [1.807, 2.05) is 38.4 Å². The van der Waals surface area contributed by atoms with Crippen LogP contribution in [-0.2, 0) is 17.9 Å². The lowest BCUT2D eigenvalue weighted by molar-refractivity contribution is -0.885. The van der Waals surface area contributed by atoms with Crippen LogP contribution in [0.1, 0.15) is 21.5 Å². The van der Waals surface area contributed by atoms with Crippen LogP contribution in [0, 0.1) is 0 Å². The lowest BCUT2D eigenvalue weighted by atomic mass is 10.1. The van der Waals surface area contributed by atoms with E-state index in [1.54, 1.807) is 23.7 Å². The smallest absolute Gasteiger partial charge is 0.277 e. The molecular formula is C21H28N3O2S+. The molecule has 0 fully saturated rings. The maximum Gasteiger partial charge on any atom is 0.277 e. The zero-order chi connectivity index (χ0) is 19.8. The number of likely N-dealkylation sites (N-methyl/N-ethyl adjacent to an activating group) is 2. The lowest BCUT2D eigenvalue weighted by Gasteiger charge is -2.20. The summed E-state index contributed by atoms with van der Waals surface area (Å²) < 4.78 is 0. The SMILES string of the molecule is CNC(=O)c1ccc(C[NH+](C)CC(=O)N(C)Cc2ccc(SC)cc2)cc1. The van der Waals surface area contributed by atoms with Crippen LogP contribution in [0.25, 0.3) is 0 Å². The first-order valence-electron chi connectivity index (χ1n) is 8.92. The van der Waals surface area contributed by atoms with Crippen molar-refractivity contribution in [3.63, 3.8) is 0 Å². The monoisotopic (exact) mass is 386 g/mol. The molecule has 1 unspecified atom stereocenters. The number of nitrogens with one attached hydrogen (secondary N) is 2. The molecule has 0 saturated heterocycles. The van der Waals surface area contributed by atoms with E-state index < -0.39 is 0 Å². The van der Waals surface area contributed by atoms with Gasteiger partial charge in [-0.3, -0.25) is 9.59 Å². The molecule has 5 nitrogen and oxygen atoms in total. The highest BCUT2D eigenvalue weighted by Gasteiger charge is 2.15. The van der Waals surface area contributed by atoms with Crippen molar-refractivity contribution in [2.24, 2.45) is 0 Å². The fourth-order valence-electron chi connectivity index (χ4n) is 2.82. The summed E-state index contributed by atoms with van der Waals surface area (Å²) in [6.45, 7) is 1.77. The van der Waals surface area contributed by atoms with Crippen LogP contribution < -0.4 is 10.2 Å². The van der Waals surface area contributed by atoms with Gasteiger partial charge in [-0.15, -0.1) is 11.8 Å². The fourth-order valence-corrected chi connectivity index (χ4v) is 3.22. The van der Waals surface area contributed by atoms with E-state index >= 15 is 0 Å². The van der Waals surface area contributed by atoms with Crippen molar-refractivity contribution >= 4 is 23.6 Å². The average molecular weight is 387 g/mol. The maximum absolute atomic E-state index is 12.5. The fraction of sp³-hybridized carbons (Fsp3) is 0.333. The zero-order valence-electron chi connectivity index (χ0n) is 16.4. The molecule has 0 aromatic heterocycles. The first-order valence-corrected chi connectivity index (χ1v) is 10.1. The van der Waals surface area contributed by atoms with Gasteiger partial charge in [0.15, 0.2) is 6.54 Å². The number of rotatable bonds is 8. The molecular weight excluding hydrogens is 358 g/mol. The Hall–Kier alpha value is -2.31. The van der Waals surface area contributed by atoms with Gasteiger partial charge < -0.3 is 15.1 Å². The highest BCUT2D eigenvalue weighted by atomic mass is 32.2. The van der Waals surface area contributed by atoms with Crippen molar-refractivity contribution in [2.75, 3.05) is 33.9 Å². The Balaban J connectivity index is 1.85. The molecule has 0 aliphatic heterocycles. The normalized spacial score (nSPS) is 11.7. The van der Waals surface area contributed by atoms with Crippen LogP contribution in [0.5, 0.6) is 0 Å². The molecule has 0 spiro atoms. The van der Waals surface area contributed by atoms with Gasteiger partial charge in [-0.1, -0.05) is 24.3 Å². The molecule has 27 heavy (non-hydrogen) atoms. The molecule has 0 radical (unpaired) electrons. The molecule has 0 heterocycles. The number of nitrogens with zero attached hydrogens (tertiary/aromatic N) is 1. The summed E-state index contributed by atoms with van der Waals surface area (Å²) in [4.78, 5) is 28.2. The number of amides is 2. The maximum atomic E-state index is 12.5. The molecule has 0 saturated carbocycles. The van der Waals surface area contributed by atoms with Gasteiger partial charge in [0.25, 0.3) is 11.8 Å². The molecule has 0 aliphatic carbocycles. The predicted molar refractivity (Wildman–Crippen MR) is 110 cm³/mol. The van der Waals surface area contributed by atoms with E-state index in [0.29, 0.717) is 18.7 Å². The van der Waals surface area contributed by atoms with E-state index in [0.717, 1.165) is 22.6 Å². The summed E-state index contributed by atoms with van der Waals surface area (Å²) in [5, 5.41) is 2.61. The highest BCUT2D eigenvalue weighted by molar-refractivity contribution is 7.98. The van der Waals surface area contributed by atoms with E-state index in [9.17, 15) is 9.59 Å². The summed E-state index contributed by atoms with van der Waals surface area (Å²) in [5.41, 5.74) is 2.87. The van der Waals surface area contributed by atoms with Crippen molar-refractivity contribution in [3.05, 3.63) is 65.2 Å². The van der Waals surface area contributed by atoms with Crippen molar-refractivity contribution < 1.29 is 14.5 Å². The molecule has 2 aromatic rings. The molecule has 144 valence electrons. The van der Waals surface area contributed by atoms with Crippen LogP contribution in [0.4, 0.5) is 0 Å². The number of quaternary nitrogens is 1. The van der Waals surface area contributed by atoms with Gasteiger partial charge >= 0.3 is 0 Å². The van der Waals surface area contributed by atoms with E-state index in [1.165, 1.54) is 4.90 Å². The van der Waals surface area contributed by atoms with Crippen LogP contribution >= 0.6 is 11.8 Å². The first-order chi connectivity index (χ1) is 12.9. The summed E-state index contributed by atoms with van der Waals surface area (Å²) in [6, 6.07) is 15.8. The second kappa shape index (κ2) is 10.1. The second-order valence-electron chi connectivity index (χ2n) is 6.68. The minimum absolute atomic E-state index is 0.0929.